The largest absolute Gasteiger partial charge is 0.299 e. The number of hydrogen-bond acceptors (Lipinski definition) is 7. The van der Waals surface area contributed by atoms with Crippen LogP contribution in [0.5, 0.6) is 0 Å². The molecule has 1 aromatic heterocycles. The Kier molecular flexibility index (Phi) is 5.49. The van der Waals surface area contributed by atoms with Crippen molar-refractivity contribution in [1.29, 1.82) is 0 Å². The number of benzene rings is 2. The Morgan fingerprint density at radius 1 is 1.19 bits per heavy atom. The second-order valence-corrected chi connectivity index (χ2v) is 7.45. The van der Waals surface area contributed by atoms with Gasteiger partial charge in [0.15, 0.2) is 4.34 Å². The molecule has 0 spiro atoms. The van der Waals surface area contributed by atoms with Crippen LogP contribution in [0, 0.1) is 10.1 Å². The van der Waals surface area contributed by atoms with Crippen molar-refractivity contribution in [3.63, 3.8) is 0 Å². The summed E-state index contributed by atoms with van der Waals surface area (Å²) in [7, 11) is 0. The minimum absolute atomic E-state index is 0.00202. The fraction of sp³-hybridized carbons (Fsp3) is 0.0588. The highest BCUT2D eigenvalue weighted by atomic mass is 32.2. The number of nitrogens with one attached hydrogen (secondary N) is 2. The van der Waals surface area contributed by atoms with Crippen LogP contribution in [-0.2, 0) is 4.79 Å². The highest BCUT2D eigenvalue weighted by molar-refractivity contribution is 8.01. The van der Waals surface area contributed by atoms with E-state index in [1.165, 1.54) is 23.9 Å². The van der Waals surface area contributed by atoms with E-state index in [4.69, 9.17) is 0 Å². The molecule has 0 saturated heterocycles. The van der Waals surface area contributed by atoms with Gasteiger partial charge in [0, 0.05) is 12.1 Å². The maximum absolute atomic E-state index is 12.0. The molecule has 3 aromatic rings. The third-order valence-electron chi connectivity index (χ3n) is 3.38. The number of nitro groups is 1. The standard InChI is InChI=1S/C17H14N4O3S2/c1-11(12-6-8-13(9-7-12)21(23)24)19-20-16(22)10-25-17-18-14-4-2-3-5-15(14)26-17/h2-9,19H,1,10H2,(H,20,22). The number of carbonyl (C=O) groups excluding carboxylic acids is 1. The smallest absolute Gasteiger partial charge is 0.269 e. The first-order valence-corrected chi connectivity index (χ1v) is 9.30. The van der Waals surface area contributed by atoms with Gasteiger partial charge in [-0.25, -0.2) is 4.98 Å². The Hall–Kier alpha value is -2.91. The number of rotatable bonds is 7. The average molecular weight is 386 g/mol. The summed E-state index contributed by atoms with van der Waals surface area (Å²) in [6, 6.07) is 13.7. The van der Waals surface area contributed by atoms with Crippen molar-refractivity contribution in [2.24, 2.45) is 0 Å². The Morgan fingerprint density at radius 2 is 1.92 bits per heavy atom. The van der Waals surface area contributed by atoms with E-state index in [2.05, 4.69) is 22.4 Å². The molecule has 1 amide bonds. The lowest BCUT2D eigenvalue weighted by Crippen LogP contribution is -2.37. The van der Waals surface area contributed by atoms with Crippen molar-refractivity contribution in [3.05, 3.63) is 70.8 Å². The molecule has 0 aliphatic rings. The number of nitrogens with zero attached hydrogens (tertiary/aromatic N) is 2. The summed E-state index contributed by atoms with van der Waals surface area (Å²) < 4.78 is 1.91. The Bertz CT molecular complexity index is 937. The highest BCUT2D eigenvalue weighted by Crippen LogP contribution is 2.29. The van der Waals surface area contributed by atoms with Crippen molar-refractivity contribution in [3.8, 4) is 0 Å². The molecule has 0 fully saturated rings. The van der Waals surface area contributed by atoms with Gasteiger partial charge in [0.2, 0.25) is 5.91 Å². The van der Waals surface area contributed by atoms with Crippen molar-refractivity contribution in [2.75, 3.05) is 5.75 Å². The third-order valence-corrected chi connectivity index (χ3v) is 5.56. The SMILES string of the molecule is C=C(NNC(=O)CSc1nc2ccccc2s1)c1ccc([N+](=O)[O-])cc1. The molecule has 0 atom stereocenters. The van der Waals surface area contributed by atoms with Crippen LogP contribution in [0.4, 0.5) is 5.69 Å². The van der Waals surface area contributed by atoms with E-state index in [0.29, 0.717) is 11.3 Å². The summed E-state index contributed by atoms with van der Waals surface area (Å²) in [5.74, 6) is -0.0160. The van der Waals surface area contributed by atoms with Crippen LogP contribution in [-0.4, -0.2) is 21.6 Å². The summed E-state index contributed by atoms with van der Waals surface area (Å²) in [5.41, 5.74) is 7.28. The van der Waals surface area contributed by atoms with Crippen LogP contribution >= 0.6 is 23.1 Å². The topological polar surface area (TPSA) is 97.2 Å². The lowest BCUT2D eigenvalue weighted by Gasteiger charge is -2.10. The van der Waals surface area contributed by atoms with Crippen molar-refractivity contribution in [2.45, 2.75) is 4.34 Å². The van der Waals surface area contributed by atoms with E-state index in [-0.39, 0.29) is 17.3 Å². The first kappa shape index (κ1) is 17.9. The van der Waals surface area contributed by atoms with E-state index in [9.17, 15) is 14.9 Å². The van der Waals surface area contributed by atoms with Gasteiger partial charge in [-0.1, -0.05) is 30.5 Å². The summed E-state index contributed by atoms with van der Waals surface area (Å²) in [6.45, 7) is 3.81. The normalized spacial score (nSPS) is 10.5. The second kappa shape index (κ2) is 7.98. The quantitative estimate of drug-likeness (QED) is 0.366. The lowest BCUT2D eigenvalue weighted by molar-refractivity contribution is -0.384. The molecule has 7 nitrogen and oxygen atoms in total. The number of thiazole rings is 1. The molecule has 9 heteroatoms. The molecule has 0 aliphatic carbocycles. The summed E-state index contributed by atoms with van der Waals surface area (Å²) in [5, 5.41) is 10.6. The molecular formula is C17H14N4O3S2. The van der Waals surface area contributed by atoms with E-state index in [1.807, 2.05) is 24.3 Å². The number of carbonyl (C=O) groups is 1. The minimum atomic E-state index is -0.471. The first-order chi connectivity index (χ1) is 12.5. The fourth-order valence-electron chi connectivity index (χ4n) is 2.08. The highest BCUT2D eigenvalue weighted by Gasteiger charge is 2.09. The van der Waals surface area contributed by atoms with Crippen LogP contribution in [0.25, 0.3) is 15.9 Å². The molecular weight excluding hydrogens is 372 g/mol. The van der Waals surface area contributed by atoms with E-state index in [1.54, 1.807) is 23.5 Å². The maximum Gasteiger partial charge on any atom is 0.269 e. The number of hydrogen-bond donors (Lipinski definition) is 2. The van der Waals surface area contributed by atoms with Gasteiger partial charge in [0.05, 0.1) is 26.6 Å². The third kappa shape index (κ3) is 4.38. The van der Waals surface area contributed by atoms with Gasteiger partial charge in [0.1, 0.15) is 0 Å². The van der Waals surface area contributed by atoms with Crippen LogP contribution in [0.1, 0.15) is 5.56 Å². The second-order valence-electron chi connectivity index (χ2n) is 5.19. The van der Waals surface area contributed by atoms with Gasteiger partial charge >= 0.3 is 0 Å². The molecule has 132 valence electrons. The minimum Gasteiger partial charge on any atom is -0.299 e. The Morgan fingerprint density at radius 3 is 2.62 bits per heavy atom. The number of hydrazine groups is 1. The number of amides is 1. The number of thioether (sulfide) groups is 1. The molecule has 0 saturated carbocycles. The number of fused-ring (bicyclic) bond motifs is 1. The molecule has 2 aromatic carbocycles. The van der Waals surface area contributed by atoms with E-state index < -0.39 is 4.92 Å². The molecule has 2 N–H and O–H groups in total. The van der Waals surface area contributed by atoms with Crippen molar-refractivity contribution < 1.29 is 9.72 Å². The van der Waals surface area contributed by atoms with Gasteiger partial charge in [0.25, 0.3) is 5.69 Å². The Balaban J connectivity index is 1.48. The molecule has 0 radical (unpaired) electrons. The first-order valence-electron chi connectivity index (χ1n) is 7.50. The van der Waals surface area contributed by atoms with Crippen LogP contribution in [0.2, 0.25) is 0 Å². The summed E-state index contributed by atoms with van der Waals surface area (Å²) in [4.78, 5) is 26.6. The van der Waals surface area contributed by atoms with Gasteiger partial charge in [-0.05, 0) is 29.8 Å². The molecule has 1 heterocycles. The van der Waals surface area contributed by atoms with E-state index >= 15 is 0 Å². The summed E-state index contributed by atoms with van der Waals surface area (Å²) in [6.07, 6.45) is 0. The van der Waals surface area contributed by atoms with Gasteiger partial charge in [-0.3, -0.25) is 25.8 Å². The predicted octanol–water partition coefficient (Wildman–Crippen LogP) is 3.59. The average Bonchev–Trinajstić information content (AvgIpc) is 3.07. The monoisotopic (exact) mass is 386 g/mol. The number of non-ortho nitro benzene ring substituents is 1. The fourth-order valence-corrected chi connectivity index (χ4v) is 3.95. The van der Waals surface area contributed by atoms with E-state index in [0.717, 1.165) is 14.6 Å². The maximum atomic E-state index is 12.0. The molecule has 3 rings (SSSR count). The molecule has 0 bridgehead atoms. The van der Waals surface area contributed by atoms with Gasteiger partial charge < -0.3 is 0 Å². The summed E-state index contributed by atoms with van der Waals surface area (Å²) >= 11 is 2.90. The van der Waals surface area contributed by atoms with Crippen LogP contribution in [0.3, 0.4) is 0 Å². The lowest BCUT2D eigenvalue weighted by atomic mass is 10.1. The van der Waals surface area contributed by atoms with Crippen molar-refractivity contribution in [1.82, 2.24) is 15.8 Å². The predicted molar refractivity (Wildman–Crippen MR) is 104 cm³/mol. The van der Waals surface area contributed by atoms with Crippen molar-refractivity contribution >= 4 is 50.6 Å². The zero-order valence-corrected chi connectivity index (χ0v) is 15.1. The van der Waals surface area contributed by atoms with Gasteiger partial charge in [-0.2, -0.15) is 0 Å². The number of aromatic nitrogens is 1. The number of nitro benzene ring substituents is 1. The molecule has 0 unspecified atom stereocenters. The zero-order chi connectivity index (χ0) is 18.5. The molecule has 26 heavy (non-hydrogen) atoms. The van der Waals surface area contributed by atoms with Crippen LogP contribution in [0.15, 0.2) is 59.4 Å². The Labute approximate surface area is 157 Å². The van der Waals surface area contributed by atoms with Gasteiger partial charge in [-0.15, -0.1) is 11.3 Å². The van der Waals surface area contributed by atoms with Crippen LogP contribution < -0.4 is 10.9 Å². The molecule has 0 aliphatic heterocycles. The number of para-hydroxylation sites is 1. The zero-order valence-electron chi connectivity index (χ0n) is 13.5.